The number of para-hydroxylation sites is 1. The molecule has 100 valence electrons. The van der Waals surface area contributed by atoms with Crippen LogP contribution in [0.15, 0.2) is 23.8 Å². The molecular formula is C15H23NO2. The van der Waals surface area contributed by atoms with Gasteiger partial charge in [0.1, 0.15) is 0 Å². The van der Waals surface area contributed by atoms with E-state index in [2.05, 4.69) is 18.3 Å². The van der Waals surface area contributed by atoms with E-state index >= 15 is 0 Å². The second kappa shape index (κ2) is 7.07. The lowest BCUT2D eigenvalue weighted by atomic mass is 10.1. The van der Waals surface area contributed by atoms with Gasteiger partial charge in [-0.2, -0.15) is 0 Å². The first kappa shape index (κ1) is 14.6. The predicted molar refractivity (Wildman–Crippen MR) is 76.3 cm³/mol. The molecule has 0 aliphatic heterocycles. The van der Waals surface area contributed by atoms with Crippen LogP contribution in [0.1, 0.15) is 26.3 Å². The summed E-state index contributed by atoms with van der Waals surface area (Å²) in [5.74, 6) is 1.58. The zero-order valence-corrected chi connectivity index (χ0v) is 11.9. The van der Waals surface area contributed by atoms with Crippen LogP contribution in [0.25, 0.3) is 6.08 Å². The van der Waals surface area contributed by atoms with E-state index < -0.39 is 0 Å². The van der Waals surface area contributed by atoms with E-state index in [0.717, 1.165) is 23.6 Å². The minimum atomic E-state index is 0.123. The average molecular weight is 249 g/mol. The molecule has 1 aromatic carbocycles. The van der Waals surface area contributed by atoms with Crippen molar-refractivity contribution < 1.29 is 9.47 Å². The fourth-order valence-corrected chi connectivity index (χ4v) is 1.76. The fraction of sp³-hybridized carbons (Fsp3) is 0.467. The van der Waals surface area contributed by atoms with Gasteiger partial charge in [-0.05, 0) is 33.9 Å². The van der Waals surface area contributed by atoms with E-state index in [1.165, 1.54) is 5.57 Å². The van der Waals surface area contributed by atoms with Crippen molar-refractivity contribution in [3.05, 3.63) is 29.3 Å². The fourth-order valence-electron chi connectivity index (χ4n) is 1.76. The molecule has 3 heteroatoms. The Bertz CT molecular complexity index is 411. The predicted octanol–water partition coefficient (Wildman–Crippen LogP) is 3.11. The summed E-state index contributed by atoms with van der Waals surface area (Å²) in [7, 11) is 3.60. The summed E-state index contributed by atoms with van der Waals surface area (Å²) in [5.41, 5.74) is 2.30. The Morgan fingerprint density at radius 1 is 1.39 bits per heavy atom. The number of benzene rings is 1. The Labute approximate surface area is 110 Å². The highest BCUT2D eigenvalue weighted by atomic mass is 16.5. The van der Waals surface area contributed by atoms with Crippen molar-refractivity contribution >= 4 is 6.08 Å². The molecule has 0 heterocycles. The molecule has 0 saturated heterocycles. The molecule has 0 aliphatic rings. The highest BCUT2D eigenvalue weighted by Gasteiger charge is 2.10. The summed E-state index contributed by atoms with van der Waals surface area (Å²) < 4.78 is 11.2. The zero-order chi connectivity index (χ0) is 13.5. The number of ether oxygens (including phenoxy) is 2. The van der Waals surface area contributed by atoms with Crippen LogP contribution >= 0.6 is 0 Å². The smallest absolute Gasteiger partial charge is 0.168 e. The number of likely N-dealkylation sites (N-methyl/N-ethyl adjacent to an activating group) is 1. The van der Waals surface area contributed by atoms with Crippen LogP contribution in [0, 0.1) is 0 Å². The summed E-state index contributed by atoms with van der Waals surface area (Å²) in [5, 5.41) is 3.14. The molecule has 0 aromatic heterocycles. The molecule has 0 unspecified atom stereocenters. The van der Waals surface area contributed by atoms with E-state index in [0.29, 0.717) is 0 Å². The first-order valence-electron chi connectivity index (χ1n) is 6.24. The van der Waals surface area contributed by atoms with Crippen LogP contribution < -0.4 is 14.8 Å². The van der Waals surface area contributed by atoms with Crippen LogP contribution in [-0.4, -0.2) is 26.8 Å². The largest absolute Gasteiger partial charge is 0.493 e. The van der Waals surface area contributed by atoms with Gasteiger partial charge in [-0.1, -0.05) is 23.8 Å². The molecule has 3 nitrogen and oxygen atoms in total. The highest BCUT2D eigenvalue weighted by Crippen LogP contribution is 2.33. The lowest BCUT2D eigenvalue weighted by molar-refractivity contribution is 0.229. The normalized spacial score (nSPS) is 11.8. The van der Waals surface area contributed by atoms with Crippen LogP contribution in [0.3, 0.4) is 0 Å². The maximum atomic E-state index is 5.86. The summed E-state index contributed by atoms with van der Waals surface area (Å²) in [6, 6.07) is 5.94. The molecule has 0 aliphatic carbocycles. The van der Waals surface area contributed by atoms with Gasteiger partial charge in [-0.25, -0.2) is 0 Å². The standard InChI is InChI=1S/C15H23NO2/c1-11(2)18-15-13(9-12(3)10-16-4)7-6-8-14(15)17-5/h6-9,11,16H,10H2,1-5H3. The Morgan fingerprint density at radius 2 is 2.11 bits per heavy atom. The Hall–Kier alpha value is -1.48. The Kier molecular flexibility index (Phi) is 5.72. The summed E-state index contributed by atoms with van der Waals surface area (Å²) in [6.45, 7) is 6.98. The molecule has 0 saturated carbocycles. The number of nitrogens with one attached hydrogen (secondary N) is 1. The lowest BCUT2D eigenvalue weighted by Gasteiger charge is -2.16. The maximum Gasteiger partial charge on any atom is 0.168 e. The molecule has 0 bridgehead atoms. The van der Waals surface area contributed by atoms with Gasteiger partial charge in [0.25, 0.3) is 0 Å². The number of hydrogen-bond acceptors (Lipinski definition) is 3. The molecule has 18 heavy (non-hydrogen) atoms. The molecule has 1 rings (SSSR count). The molecule has 0 fully saturated rings. The zero-order valence-electron chi connectivity index (χ0n) is 11.9. The first-order chi connectivity index (χ1) is 8.58. The molecule has 1 aromatic rings. The van der Waals surface area contributed by atoms with Crippen LogP contribution in [0.5, 0.6) is 11.5 Å². The van der Waals surface area contributed by atoms with Gasteiger partial charge in [0.2, 0.25) is 0 Å². The number of rotatable bonds is 6. The second-order valence-corrected chi connectivity index (χ2v) is 4.57. The number of methoxy groups -OCH3 is 1. The molecule has 0 amide bonds. The van der Waals surface area contributed by atoms with E-state index in [9.17, 15) is 0 Å². The van der Waals surface area contributed by atoms with Crippen molar-refractivity contribution in [3.8, 4) is 11.5 Å². The summed E-state index contributed by atoms with van der Waals surface area (Å²) in [4.78, 5) is 0. The Morgan fingerprint density at radius 3 is 2.67 bits per heavy atom. The van der Waals surface area contributed by atoms with Crippen molar-refractivity contribution in [3.63, 3.8) is 0 Å². The summed E-state index contributed by atoms with van der Waals surface area (Å²) >= 11 is 0. The highest BCUT2D eigenvalue weighted by molar-refractivity contribution is 5.64. The monoisotopic (exact) mass is 249 g/mol. The van der Waals surface area contributed by atoms with Crippen molar-refractivity contribution in [1.82, 2.24) is 5.32 Å². The third-order valence-electron chi connectivity index (χ3n) is 2.44. The third-order valence-corrected chi connectivity index (χ3v) is 2.44. The van der Waals surface area contributed by atoms with Gasteiger partial charge >= 0.3 is 0 Å². The van der Waals surface area contributed by atoms with Crippen LogP contribution in [0.2, 0.25) is 0 Å². The van der Waals surface area contributed by atoms with Crippen molar-refractivity contribution in [2.75, 3.05) is 20.7 Å². The van der Waals surface area contributed by atoms with Gasteiger partial charge < -0.3 is 14.8 Å². The molecule has 0 radical (unpaired) electrons. The van der Waals surface area contributed by atoms with Gasteiger partial charge in [0.05, 0.1) is 13.2 Å². The van der Waals surface area contributed by atoms with Gasteiger partial charge in [0, 0.05) is 12.1 Å². The van der Waals surface area contributed by atoms with Crippen molar-refractivity contribution in [2.24, 2.45) is 0 Å². The average Bonchev–Trinajstić information content (AvgIpc) is 2.31. The Balaban J connectivity index is 3.13. The van der Waals surface area contributed by atoms with E-state index in [1.807, 2.05) is 39.1 Å². The minimum Gasteiger partial charge on any atom is -0.493 e. The van der Waals surface area contributed by atoms with Crippen LogP contribution in [-0.2, 0) is 0 Å². The summed E-state index contributed by atoms with van der Waals surface area (Å²) in [6.07, 6.45) is 2.24. The molecular weight excluding hydrogens is 226 g/mol. The number of hydrogen-bond donors (Lipinski definition) is 1. The van der Waals surface area contributed by atoms with E-state index in [4.69, 9.17) is 9.47 Å². The van der Waals surface area contributed by atoms with Crippen LogP contribution in [0.4, 0.5) is 0 Å². The van der Waals surface area contributed by atoms with E-state index in [-0.39, 0.29) is 6.10 Å². The van der Waals surface area contributed by atoms with Crippen molar-refractivity contribution in [2.45, 2.75) is 26.9 Å². The molecule has 1 N–H and O–H groups in total. The topological polar surface area (TPSA) is 30.5 Å². The SMILES string of the molecule is CNCC(C)=Cc1cccc(OC)c1OC(C)C. The second-order valence-electron chi connectivity index (χ2n) is 4.57. The minimum absolute atomic E-state index is 0.123. The van der Waals surface area contributed by atoms with Gasteiger partial charge in [-0.15, -0.1) is 0 Å². The molecule has 0 spiro atoms. The third kappa shape index (κ3) is 4.08. The van der Waals surface area contributed by atoms with Gasteiger partial charge in [-0.3, -0.25) is 0 Å². The maximum absolute atomic E-state index is 5.86. The quantitative estimate of drug-likeness (QED) is 0.840. The van der Waals surface area contributed by atoms with Crippen molar-refractivity contribution in [1.29, 1.82) is 0 Å². The molecule has 0 atom stereocenters. The van der Waals surface area contributed by atoms with E-state index in [1.54, 1.807) is 7.11 Å². The lowest BCUT2D eigenvalue weighted by Crippen LogP contribution is -2.09. The first-order valence-corrected chi connectivity index (χ1v) is 6.24. The van der Waals surface area contributed by atoms with Gasteiger partial charge in [0.15, 0.2) is 11.5 Å².